The van der Waals surface area contributed by atoms with Crippen molar-refractivity contribution in [2.75, 3.05) is 76.6 Å². The van der Waals surface area contributed by atoms with Crippen molar-refractivity contribution in [2.45, 2.75) is 103 Å². The molecule has 2 fully saturated rings. The number of aliphatic hydroxyl groups excluding tert-OH is 1. The molecule has 2 aliphatic rings. The molecule has 5 atom stereocenters. The summed E-state index contributed by atoms with van der Waals surface area (Å²) in [6.07, 6.45) is 6.47. The lowest BCUT2D eigenvalue weighted by molar-refractivity contribution is -0.144. The van der Waals surface area contributed by atoms with Gasteiger partial charge in [0.2, 0.25) is 23.6 Å². The number of aromatic amines is 1. The summed E-state index contributed by atoms with van der Waals surface area (Å²) in [5, 5.41) is 27.2. The zero-order chi connectivity index (χ0) is 55.2. The van der Waals surface area contributed by atoms with Gasteiger partial charge in [-0.25, -0.2) is 15.0 Å². The number of benzene rings is 2. The van der Waals surface area contributed by atoms with Crippen molar-refractivity contribution in [3.8, 4) is 10.4 Å². The molecule has 4 aromatic heterocycles. The third-order valence-corrected chi connectivity index (χ3v) is 14.8. The molecule has 1 saturated carbocycles. The van der Waals surface area contributed by atoms with E-state index in [1.54, 1.807) is 22.9 Å². The Kier molecular flexibility index (Phi) is 19.9. The maximum atomic E-state index is 14.0. The molecular formula is C55H72N12O10S. The molecular weight excluding hydrogens is 1020 g/mol. The topological polar surface area (TPSA) is 291 Å². The molecule has 5 heterocycles. The summed E-state index contributed by atoms with van der Waals surface area (Å²) in [5.41, 5.74) is 12.1. The van der Waals surface area contributed by atoms with Crippen LogP contribution in [-0.4, -0.2) is 154 Å². The lowest BCUT2D eigenvalue weighted by Crippen LogP contribution is -2.58. The molecule has 1 aliphatic carbocycles. The van der Waals surface area contributed by atoms with Gasteiger partial charge in [-0.2, -0.15) is 0 Å². The monoisotopic (exact) mass is 1090 g/mol. The van der Waals surface area contributed by atoms with Crippen LogP contribution in [0.2, 0.25) is 0 Å². The highest BCUT2D eigenvalue weighted by molar-refractivity contribution is 7.13. The van der Waals surface area contributed by atoms with Crippen LogP contribution in [0.1, 0.15) is 64.1 Å². The molecule has 22 nitrogen and oxygen atoms in total. The van der Waals surface area contributed by atoms with E-state index in [-0.39, 0.29) is 75.3 Å². The van der Waals surface area contributed by atoms with E-state index in [0.717, 1.165) is 58.3 Å². The van der Waals surface area contributed by atoms with Crippen molar-refractivity contribution in [1.29, 1.82) is 0 Å². The number of carbonyl (C=O) groups is 4. The van der Waals surface area contributed by atoms with Gasteiger partial charge in [-0.3, -0.25) is 24.0 Å². The average molecular weight is 1090 g/mol. The molecule has 1 aliphatic heterocycles. The van der Waals surface area contributed by atoms with Crippen LogP contribution in [-0.2, 0) is 51.2 Å². The maximum Gasteiger partial charge on any atom is 0.262 e. The molecule has 78 heavy (non-hydrogen) atoms. The first-order chi connectivity index (χ1) is 37.6. The summed E-state index contributed by atoms with van der Waals surface area (Å²) in [5.74, 6) is -0.590. The Labute approximate surface area is 456 Å². The number of likely N-dealkylation sites (tertiary alicyclic amines) is 1. The highest BCUT2D eigenvalue weighted by atomic mass is 32.1. The molecule has 0 radical (unpaired) electrons. The van der Waals surface area contributed by atoms with Crippen LogP contribution in [0.4, 0.5) is 17.3 Å². The first-order valence-corrected chi connectivity index (χ1v) is 27.4. The third kappa shape index (κ3) is 15.2. The van der Waals surface area contributed by atoms with Gasteiger partial charge in [-0.15, -0.1) is 11.3 Å². The Bertz CT molecular complexity index is 3050. The van der Waals surface area contributed by atoms with E-state index >= 15 is 0 Å². The Morgan fingerprint density at radius 3 is 2.36 bits per heavy atom. The number of nitrogens with two attached hydrogens (primary N) is 1. The molecule has 418 valence electrons. The molecule has 0 spiro atoms. The van der Waals surface area contributed by atoms with Gasteiger partial charge in [-0.05, 0) is 54.5 Å². The number of ether oxygens (including phenoxy) is 4. The molecule has 23 heteroatoms. The van der Waals surface area contributed by atoms with E-state index in [4.69, 9.17) is 29.7 Å². The van der Waals surface area contributed by atoms with Crippen LogP contribution in [0, 0.1) is 12.3 Å². The number of aliphatic hydroxyl groups is 1. The molecule has 0 unspecified atom stereocenters. The Balaban J connectivity index is 0.678. The van der Waals surface area contributed by atoms with Crippen LogP contribution in [0.5, 0.6) is 0 Å². The molecule has 9 N–H and O–H groups in total. The lowest BCUT2D eigenvalue weighted by Gasteiger charge is -2.35. The smallest absolute Gasteiger partial charge is 0.262 e. The quantitative estimate of drug-likeness (QED) is 0.0355. The van der Waals surface area contributed by atoms with Crippen molar-refractivity contribution in [3.05, 3.63) is 94.2 Å². The molecule has 1 saturated heterocycles. The highest BCUT2D eigenvalue weighted by Crippen LogP contribution is 2.32. The van der Waals surface area contributed by atoms with Crippen LogP contribution >= 0.6 is 11.3 Å². The molecule has 8 rings (SSSR count). The number of nitrogens with zero attached hydrogens (tertiary/aromatic N) is 5. The standard InChI is InChI=1S/C55H72N12O10S/c1-34-49(78-33-61-34)36-14-12-35(13-15-36)28-58-52(71)44-26-37(68)29-67(44)54(73)50(55(2,3)4)65-47(70)31-77-25-24-76-23-22-75-21-20-74-19-17-57-46(69)30-66-18-16-38-40(10-7-11-43(38)66)63-51-48-42(59-32-60-53(48)72)27-45(64-51)62-41-9-6-5-8-39(41)56/h7,10-16,18,27,32-33,37,39,41,44,50,68H,5-6,8-9,17,19-26,28-31,56H2,1-4H3,(H,57,69)(H,58,71)(H,65,70)(H,59,60,72)(H2,62,63,64)/t37-,39+,41-,44+,50-/m1/s1. The fraction of sp³-hybridized carbons (Fsp3) is 0.491. The SMILES string of the molecule is Cc1ncsc1-c1ccc(CNC(=O)[C@@H]2C[C@@H](O)CN2C(=O)[C@@H](NC(=O)COCCOCCOCCOCCNC(=O)Cn2ccc3c(Nc4nc(N[C@@H]5CCCC[C@@H]5N)cc5nc[nH]c(=O)c45)cccc32)C(C)(C)C)cc1. The van der Waals surface area contributed by atoms with Crippen LogP contribution in [0.15, 0.2) is 77.4 Å². The average Bonchev–Trinajstić information content (AvgIpc) is 4.22. The van der Waals surface area contributed by atoms with Gasteiger partial charge in [0.1, 0.15) is 42.3 Å². The predicted molar refractivity (Wildman–Crippen MR) is 297 cm³/mol. The number of rotatable bonds is 26. The first-order valence-electron chi connectivity index (χ1n) is 26.5. The van der Waals surface area contributed by atoms with E-state index in [1.807, 2.05) is 87.0 Å². The predicted octanol–water partition coefficient (Wildman–Crippen LogP) is 4.12. The number of aromatic nitrogens is 5. The second-order valence-corrected chi connectivity index (χ2v) is 21.5. The van der Waals surface area contributed by atoms with Crippen molar-refractivity contribution < 1.29 is 43.2 Å². The zero-order valence-corrected chi connectivity index (χ0v) is 45.5. The number of thiazole rings is 1. The van der Waals surface area contributed by atoms with Gasteiger partial charge >= 0.3 is 0 Å². The molecule has 4 amide bonds. The van der Waals surface area contributed by atoms with Crippen molar-refractivity contribution >= 4 is 74.1 Å². The minimum Gasteiger partial charge on any atom is -0.391 e. The normalized spacial score (nSPS) is 18.0. The number of H-pyrrole nitrogens is 1. The number of aryl methyl sites for hydroxylation is 1. The number of hydrogen-bond acceptors (Lipinski definition) is 17. The summed E-state index contributed by atoms with van der Waals surface area (Å²) in [6, 6.07) is 15.4. The van der Waals surface area contributed by atoms with E-state index in [1.165, 1.54) is 11.2 Å². The Morgan fingerprint density at radius 2 is 1.64 bits per heavy atom. The van der Waals surface area contributed by atoms with E-state index in [2.05, 4.69) is 41.5 Å². The van der Waals surface area contributed by atoms with Crippen molar-refractivity contribution in [2.24, 2.45) is 11.1 Å². The molecule has 2 aromatic carbocycles. The second kappa shape index (κ2) is 27.1. The second-order valence-electron chi connectivity index (χ2n) is 20.7. The van der Waals surface area contributed by atoms with Gasteiger partial charge in [0.05, 0.1) is 85.8 Å². The Morgan fingerprint density at radius 1 is 0.910 bits per heavy atom. The van der Waals surface area contributed by atoms with Gasteiger partial charge in [0.15, 0.2) is 0 Å². The zero-order valence-electron chi connectivity index (χ0n) is 44.7. The van der Waals surface area contributed by atoms with Crippen LogP contribution < -0.4 is 37.9 Å². The summed E-state index contributed by atoms with van der Waals surface area (Å²) in [4.78, 5) is 85.0. The van der Waals surface area contributed by atoms with Gasteiger partial charge in [0.25, 0.3) is 5.56 Å². The number of nitrogens with one attached hydrogen (secondary N) is 6. The number of β-amino-alcohol motifs (C(OH)–C–C–N with tert-alkyl or cyclic N) is 1. The number of fused-ring (bicyclic) bond motifs is 2. The minimum absolute atomic E-state index is 0.00619. The Hall–Kier alpha value is -6.86. The number of pyridine rings is 1. The number of anilines is 3. The van der Waals surface area contributed by atoms with Crippen molar-refractivity contribution in [1.82, 2.24) is 45.4 Å². The minimum atomic E-state index is -0.983. The van der Waals surface area contributed by atoms with Crippen molar-refractivity contribution in [3.63, 3.8) is 0 Å². The largest absolute Gasteiger partial charge is 0.391 e. The van der Waals surface area contributed by atoms with E-state index in [0.29, 0.717) is 67.8 Å². The summed E-state index contributed by atoms with van der Waals surface area (Å²) < 4.78 is 24.2. The highest BCUT2D eigenvalue weighted by Gasteiger charge is 2.44. The van der Waals surface area contributed by atoms with E-state index < -0.39 is 35.4 Å². The first kappa shape index (κ1) is 57.3. The van der Waals surface area contributed by atoms with Crippen LogP contribution in [0.25, 0.3) is 32.2 Å². The van der Waals surface area contributed by atoms with Crippen LogP contribution in [0.3, 0.4) is 0 Å². The third-order valence-electron chi connectivity index (χ3n) is 13.8. The van der Waals surface area contributed by atoms with Gasteiger partial charge in [0, 0.05) is 61.5 Å². The molecule has 0 bridgehead atoms. The molecule has 6 aromatic rings. The number of amides is 4. The number of hydrogen-bond donors (Lipinski definition) is 8. The lowest BCUT2D eigenvalue weighted by atomic mass is 9.85. The maximum absolute atomic E-state index is 14.0. The fourth-order valence-corrected chi connectivity index (χ4v) is 10.5. The summed E-state index contributed by atoms with van der Waals surface area (Å²) in [6.45, 7) is 9.60. The summed E-state index contributed by atoms with van der Waals surface area (Å²) >= 11 is 1.57. The fourth-order valence-electron chi connectivity index (χ4n) is 9.66. The van der Waals surface area contributed by atoms with E-state index in [9.17, 15) is 29.1 Å². The van der Waals surface area contributed by atoms with Gasteiger partial charge < -0.3 is 70.8 Å². The summed E-state index contributed by atoms with van der Waals surface area (Å²) in [7, 11) is 0. The van der Waals surface area contributed by atoms with Gasteiger partial charge in [-0.1, -0.05) is 63.9 Å². The number of carbonyl (C=O) groups excluding carboxylic acids is 4.